The van der Waals surface area contributed by atoms with Gasteiger partial charge >= 0.3 is 0 Å². The molecule has 2 atom stereocenters. The lowest BCUT2D eigenvalue weighted by atomic mass is 9.81. The van der Waals surface area contributed by atoms with Crippen molar-refractivity contribution in [1.29, 1.82) is 0 Å². The highest BCUT2D eigenvalue weighted by molar-refractivity contribution is 5.10. The normalized spacial score (nSPS) is 28.7. The van der Waals surface area contributed by atoms with Crippen LogP contribution in [-0.2, 0) is 0 Å². The molecule has 0 spiro atoms. The summed E-state index contributed by atoms with van der Waals surface area (Å²) < 4.78 is 0. The Morgan fingerprint density at radius 1 is 1.31 bits per heavy atom. The standard InChI is InChI=1S/C12H17N/c1-10-5-4-6-11(9-10)12-7-2-3-8-13-12/h2-3,7-8,10-11H,4-6,9H2,1H3/t10-,11+/m0/s1. The fourth-order valence-electron chi connectivity index (χ4n) is 2.32. The van der Waals surface area contributed by atoms with Crippen molar-refractivity contribution in [1.82, 2.24) is 4.98 Å². The van der Waals surface area contributed by atoms with E-state index in [1.165, 1.54) is 31.4 Å². The predicted octanol–water partition coefficient (Wildman–Crippen LogP) is 3.38. The van der Waals surface area contributed by atoms with Crippen LogP contribution in [0.4, 0.5) is 0 Å². The summed E-state index contributed by atoms with van der Waals surface area (Å²) in [6.07, 6.45) is 7.36. The van der Waals surface area contributed by atoms with E-state index in [2.05, 4.69) is 24.0 Å². The van der Waals surface area contributed by atoms with Gasteiger partial charge < -0.3 is 0 Å². The lowest BCUT2D eigenvalue weighted by Crippen LogP contribution is -2.12. The lowest BCUT2D eigenvalue weighted by molar-refractivity contribution is 0.340. The first-order valence-electron chi connectivity index (χ1n) is 5.27. The molecule has 0 unspecified atom stereocenters. The summed E-state index contributed by atoms with van der Waals surface area (Å²) in [5.41, 5.74) is 1.30. The number of aromatic nitrogens is 1. The van der Waals surface area contributed by atoms with Crippen molar-refractivity contribution < 1.29 is 0 Å². The molecule has 70 valence electrons. The van der Waals surface area contributed by atoms with Crippen molar-refractivity contribution in [2.45, 2.75) is 38.5 Å². The fourth-order valence-corrected chi connectivity index (χ4v) is 2.32. The predicted molar refractivity (Wildman–Crippen MR) is 54.6 cm³/mol. The molecule has 0 radical (unpaired) electrons. The second-order valence-electron chi connectivity index (χ2n) is 4.22. The van der Waals surface area contributed by atoms with Gasteiger partial charge in [0, 0.05) is 17.8 Å². The van der Waals surface area contributed by atoms with Crippen LogP contribution in [-0.4, -0.2) is 4.98 Å². The molecule has 0 N–H and O–H groups in total. The van der Waals surface area contributed by atoms with E-state index in [9.17, 15) is 0 Å². The molecule has 1 aliphatic carbocycles. The average Bonchev–Trinajstić information content (AvgIpc) is 2.19. The first-order chi connectivity index (χ1) is 6.36. The third-order valence-corrected chi connectivity index (χ3v) is 3.04. The van der Waals surface area contributed by atoms with Gasteiger partial charge in [-0.15, -0.1) is 0 Å². The topological polar surface area (TPSA) is 12.9 Å². The zero-order valence-corrected chi connectivity index (χ0v) is 8.24. The number of hydrogen-bond donors (Lipinski definition) is 0. The van der Waals surface area contributed by atoms with Crippen LogP contribution >= 0.6 is 0 Å². The molecule has 0 aromatic carbocycles. The minimum Gasteiger partial charge on any atom is -0.261 e. The SMILES string of the molecule is C[C@H]1CCC[C@@H](c2ccccn2)C1. The number of hydrogen-bond acceptors (Lipinski definition) is 1. The Bertz CT molecular complexity index is 255. The molecule has 1 heterocycles. The molecule has 0 bridgehead atoms. The Morgan fingerprint density at radius 2 is 2.23 bits per heavy atom. The lowest BCUT2D eigenvalue weighted by Gasteiger charge is -2.26. The molecule has 0 aliphatic heterocycles. The molecule has 1 aromatic heterocycles. The number of nitrogens with zero attached hydrogens (tertiary/aromatic N) is 1. The second kappa shape index (κ2) is 3.91. The molecule has 1 nitrogen and oxygen atoms in total. The van der Waals surface area contributed by atoms with Gasteiger partial charge in [0.15, 0.2) is 0 Å². The van der Waals surface area contributed by atoms with E-state index in [-0.39, 0.29) is 0 Å². The molecule has 2 rings (SSSR count). The van der Waals surface area contributed by atoms with Crippen LogP contribution in [0.5, 0.6) is 0 Å². The first-order valence-corrected chi connectivity index (χ1v) is 5.27. The van der Waals surface area contributed by atoms with Gasteiger partial charge in [-0.3, -0.25) is 4.98 Å². The van der Waals surface area contributed by atoms with Gasteiger partial charge in [-0.1, -0.05) is 25.8 Å². The van der Waals surface area contributed by atoms with Crippen LogP contribution in [0, 0.1) is 5.92 Å². The molecular weight excluding hydrogens is 158 g/mol. The van der Waals surface area contributed by atoms with Gasteiger partial charge in [-0.25, -0.2) is 0 Å². The molecule has 1 fully saturated rings. The second-order valence-corrected chi connectivity index (χ2v) is 4.22. The molecule has 0 saturated heterocycles. The van der Waals surface area contributed by atoms with Crippen LogP contribution in [0.3, 0.4) is 0 Å². The minimum atomic E-state index is 0.727. The molecule has 0 amide bonds. The highest BCUT2D eigenvalue weighted by Crippen LogP contribution is 2.34. The fraction of sp³-hybridized carbons (Fsp3) is 0.583. The summed E-state index contributed by atoms with van der Waals surface area (Å²) in [6.45, 7) is 2.36. The van der Waals surface area contributed by atoms with Gasteiger partial charge in [-0.05, 0) is 30.9 Å². The Balaban J connectivity index is 2.08. The van der Waals surface area contributed by atoms with E-state index < -0.39 is 0 Å². The van der Waals surface area contributed by atoms with Crippen molar-refractivity contribution in [2.24, 2.45) is 5.92 Å². The monoisotopic (exact) mass is 175 g/mol. The van der Waals surface area contributed by atoms with Crippen LogP contribution in [0.25, 0.3) is 0 Å². The van der Waals surface area contributed by atoms with Crippen molar-refractivity contribution in [3.63, 3.8) is 0 Å². The Hall–Kier alpha value is -0.850. The zero-order chi connectivity index (χ0) is 9.10. The van der Waals surface area contributed by atoms with Crippen LogP contribution in [0.2, 0.25) is 0 Å². The summed E-state index contributed by atoms with van der Waals surface area (Å²) in [5, 5.41) is 0. The van der Waals surface area contributed by atoms with E-state index in [0.29, 0.717) is 0 Å². The molecular formula is C12H17N. The van der Waals surface area contributed by atoms with Gasteiger partial charge in [0.1, 0.15) is 0 Å². The molecule has 1 aliphatic rings. The molecule has 1 saturated carbocycles. The first kappa shape index (κ1) is 8.74. The maximum Gasteiger partial charge on any atom is 0.0434 e. The summed E-state index contributed by atoms with van der Waals surface area (Å²) >= 11 is 0. The highest BCUT2D eigenvalue weighted by Gasteiger charge is 2.20. The van der Waals surface area contributed by atoms with Gasteiger partial charge in [0.25, 0.3) is 0 Å². The van der Waals surface area contributed by atoms with E-state index in [0.717, 1.165) is 11.8 Å². The minimum absolute atomic E-state index is 0.727. The number of pyridine rings is 1. The smallest absolute Gasteiger partial charge is 0.0434 e. The summed E-state index contributed by atoms with van der Waals surface area (Å²) in [7, 11) is 0. The summed E-state index contributed by atoms with van der Waals surface area (Å²) in [6, 6.07) is 6.26. The Kier molecular flexibility index (Phi) is 2.62. The third kappa shape index (κ3) is 2.09. The Morgan fingerprint density at radius 3 is 2.92 bits per heavy atom. The summed E-state index contributed by atoms with van der Waals surface area (Å²) in [4.78, 5) is 4.44. The van der Waals surface area contributed by atoms with E-state index in [1.807, 2.05) is 12.3 Å². The molecule has 1 aromatic rings. The van der Waals surface area contributed by atoms with Crippen LogP contribution in [0.1, 0.15) is 44.2 Å². The van der Waals surface area contributed by atoms with E-state index in [4.69, 9.17) is 0 Å². The number of rotatable bonds is 1. The van der Waals surface area contributed by atoms with E-state index >= 15 is 0 Å². The maximum atomic E-state index is 4.44. The van der Waals surface area contributed by atoms with Crippen molar-refractivity contribution in [3.05, 3.63) is 30.1 Å². The van der Waals surface area contributed by atoms with Gasteiger partial charge in [0.05, 0.1) is 0 Å². The highest BCUT2D eigenvalue weighted by atomic mass is 14.7. The molecule has 13 heavy (non-hydrogen) atoms. The quantitative estimate of drug-likeness (QED) is 0.637. The zero-order valence-electron chi connectivity index (χ0n) is 8.24. The van der Waals surface area contributed by atoms with Gasteiger partial charge in [-0.2, -0.15) is 0 Å². The average molecular weight is 175 g/mol. The Labute approximate surface area is 80.2 Å². The maximum absolute atomic E-state index is 4.44. The van der Waals surface area contributed by atoms with Crippen molar-refractivity contribution in [3.8, 4) is 0 Å². The van der Waals surface area contributed by atoms with Crippen LogP contribution < -0.4 is 0 Å². The summed E-state index contributed by atoms with van der Waals surface area (Å²) in [5.74, 6) is 1.62. The van der Waals surface area contributed by atoms with Crippen LogP contribution in [0.15, 0.2) is 24.4 Å². The van der Waals surface area contributed by atoms with Gasteiger partial charge in [0.2, 0.25) is 0 Å². The third-order valence-electron chi connectivity index (χ3n) is 3.04. The van der Waals surface area contributed by atoms with Crippen molar-refractivity contribution >= 4 is 0 Å². The molecule has 1 heteroatoms. The largest absolute Gasteiger partial charge is 0.261 e. The van der Waals surface area contributed by atoms with E-state index in [1.54, 1.807) is 0 Å². The van der Waals surface area contributed by atoms with Crippen molar-refractivity contribution in [2.75, 3.05) is 0 Å².